The summed E-state index contributed by atoms with van der Waals surface area (Å²) < 4.78 is 5.12. The minimum Gasteiger partial charge on any atom is -0.444 e. The number of hydrogen-bond acceptors (Lipinski definition) is 2. The van der Waals surface area contributed by atoms with Crippen LogP contribution < -0.4 is 10.6 Å². The highest BCUT2D eigenvalue weighted by Gasteiger charge is 2.19. The van der Waals surface area contributed by atoms with Crippen molar-refractivity contribution in [2.24, 2.45) is 5.92 Å². The zero-order valence-electron chi connectivity index (χ0n) is 9.17. The zero-order chi connectivity index (χ0) is 10.6. The van der Waals surface area contributed by atoms with Gasteiger partial charge in [0.15, 0.2) is 0 Å². The van der Waals surface area contributed by atoms with Crippen LogP contribution >= 0.6 is 0 Å². The number of amides is 1. The van der Waals surface area contributed by atoms with Gasteiger partial charge in [0, 0.05) is 19.6 Å². The summed E-state index contributed by atoms with van der Waals surface area (Å²) in [5.41, 5.74) is -0.413. The molecule has 4 nitrogen and oxygen atoms in total. The summed E-state index contributed by atoms with van der Waals surface area (Å²) in [6.45, 7) is 8.06. The molecule has 1 amide bonds. The van der Waals surface area contributed by atoms with Gasteiger partial charge in [-0.05, 0) is 33.1 Å². The molecular formula is C10H19N2O2. The first-order valence-corrected chi connectivity index (χ1v) is 5.07. The van der Waals surface area contributed by atoms with E-state index in [1.807, 2.05) is 20.8 Å². The van der Waals surface area contributed by atoms with Crippen LogP contribution in [0.2, 0.25) is 0 Å². The number of nitrogens with zero attached hydrogens (tertiary/aromatic N) is 1. The Morgan fingerprint density at radius 2 is 2.29 bits per heavy atom. The molecule has 0 saturated carbocycles. The average Bonchev–Trinajstić information content (AvgIpc) is 2.49. The molecule has 1 aliphatic heterocycles. The Balaban J connectivity index is 2.14. The molecule has 1 heterocycles. The molecule has 14 heavy (non-hydrogen) atoms. The molecule has 1 rings (SSSR count). The van der Waals surface area contributed by atoms with Gasteiger partial charge in [0.2, 0.25) is 0 Å². The van der Waals surface area contributed by atoms with E-state index in [9.17, 15) is 4.79 Å². The van der Waals surface area contributed by atoms with E-state index >= 15 is 0 Å². The summed E-state index contributed by atoms with van der Waals surface area (Å²) in [5, 5.41) is 6.99. The van der Waals surface area contributed by atoms with Gasteiger partial charge < -0.3 is 10.1 Å². The molecule has 0 bridgehead atoms. The van der Waals surface area contributed by atoms with Gasteiger partial charge in [-0.3, -0.25) is 0 Å². The van der Waals surface area contributed by atoms with E-state index in [0.717, 1.165) is 19.5 Å². The first-order chi connectivity index (χ1) is 6.47. The minimum atomic E-state index is -0.413. The number of ether oxygens (including phenoxy) is 1. The number of hydrogen-bond donors (Lipinski definition) is 1. The number of carbonyl (C=O) groups is 1. The van der Waals surface area contributed by atoms with Crippen molar-refractivity contribution in [2.45, 2.75) is 32.8 Å². The lowest BCUT2D eigenvalue weighted by molar-refractivity contribution is 0.0520. The molecule has 81 valence electrons. The molecule has 0 aliphatic carbocycles. The highest BCUT2D eigenvalue weighted by atomic mass is 16.6. The van der Waals surface area contributed by atoms with Crippen molar-refractivity contribution in [1.82, 2.24) is 10.6 Å². The molecule has 1 unspecified atom stereocenters. The fraction of sp³-hybridized carbons (Fsp3) is 0.900. The molecule has 1 aliphatic rings. The molecular weight excluding hydrogens is 180 g/mol. The van der Waals surface area contributed by atoms with E-state index in [2.05, 4.69) is 10.6 Å². The van der Waals surface area contributed by atoms with E-state index in [1.165, 1.54) is 0 Å². The van der Waals surface area contributed by atoms with Crippen LogP contribution in [0.1, 0.15) is 27.2 Å². The van der Waals surface area contributed by atoms with Crippen LogP contribution in [-0.4, -0.2) is 31.3 Å². The monoisotopic (exact) mass is 199 g/mol. The third kappa shape index (κ3) is 4.46. The van der Waals surface area contributed by atoms with Crippen LogP contribution in [0.5, 0.6) is 0 Å². The lowest BCUT2D eigenvalue weighted by Crippen LogP contribution is -2.35. The molecule has 1 atom stereocenters. The maximum atomic E-state index is 11.3. The van der Waals surface area contributed by atoms with Gasteiger partial charge in [-0.2, -0.15) is 0 Å². The van der Waals surface area contributed by atoms with Crippen LogP contribution in [0.3, 0.4) is 0 Å². The topological polar surface area (TPSA) is 52.4 Å². The highest BCUT2D eigenvalue weighted by Crippen LogP contribution is 2.09. The van der Waals surface area contributed by atoms with Crippen LogP contribution in [0.4, 0.5) is 4.79 Å². The number of alkyl carbamates (subject to hydrolysis) is 1. The maximum absolute atomic E-state index is 11.3. The molecule has 4 heteroatoms. The van der Waals surface area contributed by atoms with Gasteiger partial charge in [0.25, 0.3) is 0 Å². The Hall–Kier alpha value is -0.770. The third-order valence-corrected chi connectivity index (χ3v) is 2.02. The first-order valence-electron chi connectivity index (χ1n) is 5.07. The quantitative estimate of drug-likeness (QED) is 0.725. The van der Waals surface area contributed by atoms with E-state index in [4.69, 9.17) is 4.74 Å². The van der Waals surface area contributed by atoms with E-state index in [0.29, 0.717) is 12.5 Å². The van der Waals surface area contributed by atoms with E-state index in [-0.39, 0.29) is 6.09 Å². The van der Waals surface area contributed by atoms with Crippen molar-refractivity contribution in [3.05, 3.63) is 0 Å². The van der Waals surface area contributed by atoms with Crippen molar-refractivity contribution < 1.29 is 9.53 Å². The molecule has 0 aromatic heterocycles. The smallest absolute Gasteiger partial charge is 0.407 e. The Bertz CT molecular complexity index is 193. The van der Waals surface area contributed by atoms with Gasteiger partial charge in [-0.1, -0.05) is 0 Å². The molecule has 0 aromatic rings. The summed E-state index contributed by atoms with van der Waals surface area (Å²) in [5.74, 6) is 0.502. The summed E-state index contributed by atoms with van der Waals surface area (Å²) in [6.07, 6.45) is 0.750. The second-order valence-electron chi connectivity index (χ2n) is 4.67. The predicted octanol–water partition coefficient (Wildman–Crippen LogP) is 1.14. The Kier molecular flexibility index (Phi) is 3.75. The van der Waals surface area contributed by atoms with Gasteiger partial charge in [0.1, 0.15) is 5.60 Å². The molecule has 0 spiro atoms. The molecule has 1 fully saturated rings. The molecule has 1 radical (unpaired) electrons. The van der Waals surface area contributed by atoms with Crippen molar-refractivity contribution >= 4 is 6.09 Å². The van der Waals surface area contributed by atoms with Crippen LogP contribution in [0.25, 0.3) is 0 Å². The lowest BCUT2D eigenvalue weighted by Gasteiger charge is -2.20. The first kappa shape index (κ1) is 11.3. The number of rotatable bonds is 2. The standard InChI is InChI=1S/C10H19N2O2/c1-10(2,3)14-9(13)12-7-8-4-5-11-6-8/h8H,4-7H2,1-3H3,(H,12,13). The number of carbonyl (C=O) groups excluding carboxylic acids is 1. The third-order valence-electron chi connectivity index (χ3n) is 2.02. The fourth-order valence-electron chi connectivity index (χ4n) is 1.35. The average molecular weight is 199 g/mol. The second-order valence-corrected chi connectivity index (χ2v) is 4.67. The second kappa shape index (κ2) is 4.64. The Morgan fingerprint density at radius 3 is 2.79 bits per heavy atom. The van der Waals surface area contributed by atoms with Gasteiger partial charge in [0.05, 0.1) is 0 Å². The largest absolute Gasteiger partial charge is 0.444 e. The lowest BCUT2D eigenvalue weighted by atomic mass is 10.1. The van der Waals surface area contributed by atoms with Crippen molar-refractivity contribution in [1.29, 1.82) is 0 Å². The summed E-state index contributed by atoms with van der Waals surface area (Å²) in [6, 6.07) is 0. The Labute approximate surface area is 85.4 Å². The van der Waals surface area contributed by atoms with E-state index < -0.39 is 5.60 Å². The summed E-state index contributed by atoms with van der Waals surface area (Å²) in [7, 11) is 0. The van der Waals surface area contributed by atoms with Gasteiger partial charge in [-0.25, -0.2) is 10.1 Å². The van der Waals surface area contributed by atoms with Crippen LogP contribution in [0, 0.1) is 5.92 Å². The summed E-state index contributed by atoms with van der Waals surface area (Å²) >= 11 is 0. The summed E-state index contributed by atoms with van der Waals surface area (Å²) in [4.78, 5) is 11.3. The predicted molar refractivity (Wildman–Crippen MR) is 54.2 cm³/mol. The Morgan fingerprint density at radius 1 is 1.57 bits per heavy atom. The molecule has 0 aromatic carbocycles. The molecule has 1 N–H and O–H groups in total. The zero-order valence-corrected chi connectivity index (χ0v) is 9.17. The van der Waals surface area contributed by atoms with E-state index in [1.54, 1.807) is 0 Å². The highest BCUT2D eigenvalue weighted by molar-refractivity contribution is 5.67. The van der Waals surface area contributed by atoms with Gasteiger partial charge in [-0.15, -0.1) is 0 Å². The number of nitrogens with one attached hydrogen (secondary N) is 1. The van der Waals surface area contributed by atoms with Gasteiger partial charge >= 0.3 is 6.09 Å². The van der Waals surface area contributed by atoms with Crippen LogP contribution in [-0.2, 0) is 4.74 Å². The van der Waals surface area contributed by atoms with Crippen molar-refractivity contribution in [3.8, 4) is 0 Å². The maximum Gasteiger partial charge on any atom is 0.407 e. The normalized spacial score (nSPS) is 22.1. The van der Waals surface area contributed by atoms with Crippen LogP contribution in [0.15, 0.2) is 0 Å². The van der Waals surface area contributed by atoms with Crippen molar-refractivity contribution in [2.75, 3.05) is 19.6 Å². The minimum absolute atomic E-state index is 0.329. The SMILES string of the molecule is CC(C)(C)OC(=O)NCC1CC[N]C1. The fourth-order valence-corrected chi connectivity index (χ4v) is 1.35. The van der Waals surface area contributed by atoms with Crippen molar-refractivity contribution in [3.63, 3.8) is 0 Å². The molecule has 1 saturated heterocycles.